The number of aliphatic hydroxyl groups is 1. The maximum Gasteiger partial charge on any atom is 0.262 e. The summed E-state index contributed by atoms with van der Waals surface area (Å²) in [6.07, 6.45) is -0.670. The van der Waals surface area contributed by atoms with Gasteiger partial charge in [0.25, 0.3) is 11.8 Å². The quantitative estimate of drug-likeness (QED) is 0.687. The van der Waals surface area contributed by atoms with Crippen LogP contribution >= 0.6 is 0 Å². The number of rotatable bonds is 8. The number of benzene rings is 1. The molecule has 0 aliphatic carbocycles. The summed E-state index contributed by atoms with van der Waals surface area (Å²) in [4.78, 5) is 27.3. The van der Waals surface area contributed by atoms with Crippen molar-refractivity contribution in [3.05, 3.63) is 23.8 Å². The standard InChI is InChI=1S/C17H25N3O5/c1-19(6-7-24-3)9-13(21)10-20(2)17(23)12-4-5-15-14(8-12)18-16(22)11-25-15/h4-5,8,13,21H,6-7,9-11H2,1-3H3,(H,18,22). The first-order chi connectivity index (χ1) is 11.9. The molecule has 0 radical (unpaired) electrons. The Morgan fingerprint density at radius 3 is 2.88 bits per heavy atom. The number of amides is 2. The van der Waals surface area contributed by atoms with Gasteiger partial charge in [-0.3, -0.25) is 9.59 Å². The molecule has 8 nitrogen and oxygen atoms in total. The molecule has 8 heteroatoms. The van der Waals surface area contributed by atoms with Gasteiger partial charge in [-0.15, -0.1) is 0 Å². The normalized spacial score (nSPS) is 14.5. The van der Waals surface area contributed by atoms with Crippen LogP contribution < -0.4 is 10.1 Å². The summed E-state index contributed by atoms with van der Waals surface area (Å²) in [6, 6.07) is 4.89. The smallest absolute Gasteiger partial charge is 0.262 e. The fourth-order valence-corrected chi connectivity index (χ4v) is 2.59. The van der Waals surface area contributed by atoms with Crippen LogP contribution in [0.5, 0.6) is 5.75 Å². The Morgan fingerprint density at radius 1 is 1.40 bits per heavy atom. The summed E-state index contributed by atoms with van der Waals surface area (Å²) < 4.78 is 10.3. The zero-order valence-corrected chi connectivity index (χ0v) is 14.8. The summed E-state index contributed by atoms with van der Waals surface area (Å²) in [5, 5.41) is 12.8. The Bertz CT molecular complexity index is 622. The first-order valence-electron chi connectivity index (χ1n) is 8.08. The van der Waals surface area contributed by atoms with Crippen molar-refractivity contribution < 1.29 is 24.2 Å². The average Bonchev–Trinajstić information content (AvgIpc) is 2.58. The van der Waals surface area contributed by atoms with Gasteiger partial charge in [0.1, 0.15) is 5.75 Å². The minimum atomic E-state index is -0.670. The van der Waals surface area contributed by atoms with E-state index in [0.29, 0.717) is 36.7 Å². The predicted molar refractivity (Wildman–Crippen MR) is 92.9 cm³/mol. The highest BCUT2D eigenvalue weighted by Crippen LogP contribution is 2.28. The van der Waals surface area contributed by atoms with E-state index in [0.717, 1.165) is 0 Å². The third-order valence-corrected chi connectivity index (χ3v) is 3.89. The number of ether oxygens (including phenoxy) is 2. The van der Waals surface area contributed by atoms with Gasteiger partial charge in [0.15, 0.2) is 6.61 Å². The molecule has 2 rings (SSSR count). The monoisotopic (exact) mass is 351 g/mol. The maximum atomic E-state index is 12.5. The second kappa shape index (κ2) is 8.80. The van der Waals surface area contributed by atoms with Gasteiger partial charge in [-0.1, -0.05) is 0 Å². The van der Waals surface area contributed by atoms with Gasteiger partial charge < -0.3 is 29.7 Å². The van der Waals surface area contributed by atoms with Crippen molar-refractivity contribution in [2.45, 2.75) is 6.10 Å². The van der Waals surface area contributed by atoms with Crippen LogP contribution in [-0.4, -0.2) is 86.9 Å². The van der Waals surface area contributed by atoms with E-state index in [4.69, 9.17) is 9.47 Å². The minimum absolute atomic E-state index is 0.0248. The molecule has 0 saturated carbocycles. The molecule has 25 heavy (non-hydrogen) atoms. The molecule has 0 spiro atoms. The van der Waals surface area contributed by atoms with Crippen LogP contribution in [-0.2, 0) is 9.53 Å². The number of hydrogen-bond acceptors (Lipinski definition) is 6. The van der Waals surface area contributed by atoms with Crippen molar-refractivity contribution in [1.29, 1.82) is 0 Å². The molecular weight excluding hydrogens is 326 g/mol. The molecule has 2 amide bonds. The first-order valence-corrected chi connectivity index (χ1v) is 8.08. The predicted octanol–water partition coefficient (Wildman–Crippen LogP) is 0.0286. The Labute approximate surface area is 147 Å². The molecule has 0 saturated heterocycles. The number of aliphatic hydroxyl groups excluding tert-OH is 1. The molecule has 0 bridgehead atoms. The first kappa shape index (κ1) is 19.2. The molecule has 1 aromatic rings. The van der Waals surface area contributed by atoms with E-state index in [1.165, 1.54) is 4.90 Å². The largest absolute Gasteiger partial charge is 0.482 e. The zero-order valence-electron chi connectivity index (χ0n) is 14.8. The van der Waals surface area contributed by atoms with Crippen molar-refractivity contribution in [1.82, 2.24) is 9.80 Å². The van der Waals surface area contributed by atoms with E-state index in [1.54, 1.807) is 32.4 Å². The van der Waals surface area contributed by atoms with Crippen molar-refractivity contribution in [3.63, 3.8) is 0 Å². The Morgan fingerprint density at radius 2 is 2.16 bits per heavy atom. The molecular formula is C17H25N3O5. The van der Waals surface area contributed by atoms with Crippen LogP contribution in [0.3, 0.4) is 0 Å². The van der Waals surface area contributed by atoms with Crippen molar-refractivity contribution in [2.24, 2.45) is 0 Å². The molecule has 1 aliphatic rings. The van der Waals surface area contributed by atoms with Gasteiger partial charge in [0, 0.05) is 39.4 Å². The van der Waals surface area contributed by atoms with Crippen LogP contribution in [0, 0.1) is 0 Å². The van der Waals surface area contributed by atoms with E-state index in [2.05, 4.69) is 5.32 Å². The SMILES string of the molecule is COCCN(C)CC(O)CN(C)C(=O)c1ccc2c(c1)NC(=O)CO2. The van der Waals surface area contributed by atoms with E-state index in [1.807, 2.05) is 11.9 Å². The van der Waals surface area contributed by atoms with Crippen LogP contribution in [0.25, 0.3) is 0 Å². The second-order valence-corrected chi connectivity index (χ2v) is 6.14. The van der Waals surface area contributed by atoms with Crippen molar-refractivity contribution in [3.8, 4) is 5.75 Å². The number of likely N-dealkylation sites (N-methyl/N-ethyl adjacent to an activating group) is 2. The highest BCUT2D eigenvalue weighted by atomic mass is 16.5. The van der Waals surface area contributed by atoms with E-state index in [-0.39, 0.29) is 25.0 Å². The Kier molecular flexibility index (Phi) is 6.74. The summed E-state index contributed by atoms with van der Waals surface area (Å²) in [5.74, 6) is 0.0554. The van der Waals surface area contributed by atoms with Gasteiger partial charge >= 0.3 is 0 Å². The van der Waals surface area contributed by atoms with Gasteiger partial charge in [-0.2, -0.15) is 0 Å². The van der Waals surface area contributed by atoms with Crippen LogP contribution in [0.15, 0.2) is 18.2 Å². The molecule has 1 heterocycles. The zero-order chi connectivity index (χ0) is 18.4. The van der Waals surface area contributed by atoms with Gasteiger partial charge in [-0.25, -0.2) is 0 Å². The molecule has 1 atom stereocenters. The third kappa shape index (κ3) is 5.42. The summed E-state index contributed by atoms with van der Waals surface area (Å²) in [6.45, 7) is 1.91. The summed E-state index contributed by atoms with van der Waals surface area (Å²) in [5.41, 5.74) is 0.905. The Balaban J connectivity index is 1.93. The van der Waals surface area contributed by atoms with Crippen LogP contribution in [0.2, 0.25) is 0 Å². The molecule has 138 valence electrons. The van der Waals surface area contributed by atoms with E-state index >= 15 is 0 Å². The van der Waals surface area contributed by atoms with Gasteiger partial charge in [-0.05, 0) is 25.2 Å². The fourth-order valence-electron chi connectivity index (χ4n) is 2.59. The number of anilines is 1. The number of methoxy groups -OCH3 is 1. The van der Waals surface area contributed by atoms with E-state index < -0.39 is 6.10 Å². The van der Waals surface area contributed by atoms with Crippen molar-refractivity contribution in [2.75, 3.05) is 59.4 Å². The number of hydrogen-bond donors (Lipinski definition) is 2. The topological polar surface area (TPSA) is 91.3 Å². The minimum Gasteiger partial charge on any atom is -0.482 e. The molecule has 0 fully saturated rings. The molecule has 1 unspecified atom stereocenters. The van der Waals surface area contributed by atoms with Crippen LogP contribution in [0.1, 0.15) is 10.4 Å². The highest BCUT2D eigenvalue weighted by molar-refractivity contribution is 5.99. The Hall–Kier alpha value is -2.16. The van der Waals surface area contributed by atoms with Gasteiger partial charge in [0.05, 0.1) is 18.4 Å². The molecule has 0 aromatic heterocycles. The lowest BCUT2D eigenvalue weighted by Gasteiger charge is -2.25. The maximum absolute atomic E-state index is 12.5. The molecule has 1 aromatic carbocycles. The lowest BCUT2D eigenvalue weighted by atomic mass is 10.1. The van der Waals surface area contributed by atoms with Gasteiger partial charge in [0.2, 0.25) is 0 Å². The summed E-state index contributed by atoms with van der Waals surface area (Å²) in [7, 11) is 5.15. The summed E-state index contributed by atoms with van der Waals surface area (Å²) >= 11 is 0. The number of carbonyl (C=O) groups is 2. The van der Waals surface area contributed by atoms with E-state index in [9.17, 15) is 14.7 Å². The highest BCUT2D eigenvalue weighted by Gasteiger charge is 2.21. The van der Waals surface area contributed by atoms with Crippen molar-refractivity contribution >= 4 is 17.5 Å². The number of nitrogens with one attached hydrogen (secondary N) is 1. The molecule has 2 N–H and O–H groups in total. The third-order valence-electron chi connectivity index (χ3n) is 3.89. The molecule has 1 aliphatic heterocycles. The average molecular weight is 351 g/mol. The number of carbonyl (C=O) groups excluding carboxylic acids is 2. The lowest BCUT2D eigenvalue weighted by Crippen LogP contribution is -2.40. The number of fused-ring (bicyclic) bond motifs is 1. The second-order valence-electron chi connectivity index (χ2n) is 6.14. The lowest BCUT2D eigenvalue weighted by molar-refractivity contribution is -0.118. The fraction of sp³-hybridized carbons (Fsp3) is 0.529. The van der Waals surface area contributed by atoms with Crippen LogP contribution in [0.4, 0.5) is 5.69 Å². The number of nitrogens with zero attached hydrogens (tertiary/aromatic N) is 2.